The topological polar surface area (TPSA) is 72.8 Å². The van der Waals surface area contributed by atoms with Gasteiger partial charge >= 0.3 is 11.9 Å². The molecule has 0 heterocycles. The lowest BCUT2D eigenvalue weighted by Gasteiger charge is -2.12. The first-order valence-corrected chi connectivity index (χ1v) is 14.4. The number of carbonyl (C=O) groups excluding carboxylic acids is 2. The van der Waals surface area contributed by atoms with Gasteiger partial charge in [-0.15, -0.1) is 0 Å². The van der Waals surface area contributed by atoms with Gasteiger partial charge < -0.3 is 14.6 Å². The van der Waals surface area contributed by atoms with Crippen molar-refractivity contribution in [2.75, 3.05) is 13.2 Å². The lowest BCUT2D eigenvalue weighted by atomic mass is 10.0. The van der Waals surface area contributed by atoms with Crippen LogP contribution >= 0.6 is 0 Å². The largest absolute Gasteiger partial charge is 0.463 e. The number of aliphatic hydroxyl groups excluding tert-OH is 1. The molecule has 0 aliphatic carbocycles. The summed E-state index contributed by atoms with van der Waals surface area (Å²) >= 11 is 0. The normalized spacial score (nSPS) is 12.1. The fourth-order valence-electron chi connectivity index (χ4n) is 4.03. The van der Waals surface area contributed by atoms with Crippen LogP contribution in [-0.4, -0.2) is 36.4 Å². The van der Waals surface area contributed by atoms with Gasteiger partial charge in [-0.25, -0.2) is 0 Å². The summed E-state index contributed by atoms with van der Waals surface area (Å²) in [7, 11) is 0. The Bertz CT molecular complexity index is 463. The van der Waals surface area contributed by atoms with Crippen LogP contribution in [0.5, 0.6) is 0 Å². The summed E-state index contributed by atoms with van der Waals surface area (Å²) in [5.41, 5.74) is 0. The number of hydrogen-bond donors (Lipinski definition) is 1. The van der Waals surface area contributed by atoms with Gasteiger partial charge in [-0.2, -0.15) is 0 Å². The van der Waals surface area contributed by atoms with E-state index in [0.717, 1.165) is 44.4 Å². The van der Waals surface area contributed by atoms with E-state index >= 15 is 0 Å². The lowest BCUT2D eigenvalue weighted by Crippen LogP contribution is -2.25. The molecule has 202 valence electrons. The number of unbranched alkanes of at least 4 members (excludes halogenated alkanes) is 15. The van der Waals surface area contributed by atoms with Gasteiger partial charge in [0.05, 0.1) is 0 Å². The van der Waals surface area contributed by atoms with E-state index in [1.165, 1.54) is 77.0 Å². The zero-order chi connectivity index (χ0) is 25.3. The maximum atomic E-state index is 11.8. The first-order chi connectivity index (χ1) is 16.5. The van der Waals surface area contributed by atoms with Crippen molar-refractivity contribution in [1.29, 1.82) is 0 Å². The molecule has 0 fully saturated rings. The second-order valence-corrected chi connectivity index (χ2v) is 10.4. The van der Waals surface area contributed by atoms with Crippen molar-refractivity contribution in [1.82, 2.24) is 0 Å². The van der Waals surface area contributed by atoms with Crippen LogP contribution in [0.15, 0.2) is 0 Å². The Morgan fingerprint density at radius 1 is 0.588 bits per heavy atom. The molecule has 34 heavy (non-hydrogen) atoms. The summed E-state index contributed by atoms with van der Waals surface area (Å²) in [5.74, 6) is 0.260. The van der Waals surface area contributed by atoms with Crippen molar-refractivity contribution in [2.45, 2.75) is 155 Å². The number of ether oxygens (including phenoxy) is 2. The van der Waals surface area contributed by atoms with Gasteiger partial charge in [-0.1, -0.05) is 124 Å². The van der Waals surface area contributed by atoms with Gasteiger partial charge in [0.15, 0.2) is 0 Å². The van der Waals surface area contributed by atoms with Gasteiger partial charge in [0.25, 0.3) is 0 Å². The fourth-order valence-corrected chi connectivity index (χ4v) is 4.03. The molecule has 0 saturated carbocycles. The molecule has 5 nitrogen and oxygen atoms in total. The maximum Gasteiger partial charge on any atom is 0.305 e. The molecule has 0 aromatic carbocycles. The Hall–Kier alpha value is -1.10. The molecule has 1 N–H and O–H groups in total. The molecule has 0 bridgehead atoms. The van der Waals surface area contributed by atoms with Gasteiger partial charge in [-0.3, -0.25) is 9.59 Å². The van der Waals surface area contributed by atoms with Crippen LogP contribution < -0.4 is 0 Å². The first-order valence-electron chi connectivity index (χ1n) is 14.4. The molecule has 1 atom stereocenters. The third-order valence-corrected chi connectivity index (χ3v) is 6.27. The summed E-state index contributed by atoms with van der Waals surface area (Å²) in [6, 6.07) is 0. The van der Waals surface area contributed by atoms with E-state index in [1.807, 2.05) is 0 Å². The lowest BCUT2D eigenvalue weighted by molar-refractivity contribution is -0.152. The first kappa shape index (κ1) is 32.9. The van der Waals surface area contributed by atoms with Crippen molar-refractivity contribution in [2.24, 2.45) is 5.92 Å². The average Bonchev–Trinajstić information content (AvgIpc) is 2.81. The number of carbonyl (C=O) groups is 2. The maximum absolute atomic E-state index is 11.8. The second-order valence-electron chi connectivity index (χ2n) is 10.4. The van der Waals surface area contributed by atoms with Crippen LogP contribution in [0.25, 0.3) is 0 Å². The molecule has 0 radical (unpaired) electrons. The van der Waals surface area contributed by atoms with Gasteiger partial charge in [-0.05, 0) is 18.8 Å². The van der Waals surface area contributed by atoms with Crippen LogP contribution in [0, 0.1) is 5.92 Å². The minimum Gasteiger partial charge on any atom is -0.463 e. The molecular formula is C29H56O5. The van der Waals surface area contributed by atoms with E-state index in [0.29, 0.717) is 12.8 Å². The quantitative estimate of drug-likeness (QED) is 0.105. The summed E-state index contributed by atoms with van der Waals surface area (Å²) in [4.78, 5) is 23.5. The van der Waals surface area contributed by atoms with Crippen molar-refractivity contribution >= 4 is 11.9 Å². The molecule has 0 saturated heterocycles. The average molecular weight is 485 g/mol. The minimum atomic E-state index is -0.952. The molecule has 0 unspecified atom stereocenters. The number of rotatable bonds is 25. The third-order valence-electron chi connectivity index (χ3n) is 6.27. The van der Waals surface area contributed by atoms with Crippen LogP contribution in [0.4, 0.5) is 0 Å². The molecule has 0 aromatic heterocycles. The molecule has 0 spiro atoms. The number of hydrogen-bond acceptors (Lipinski definition) is 5. The Kier molecular flexibility index (Phi) is 24.2. The molecule has 0 aliphatic rings. The zero-order valence-electron chi connectivity index (χ0n) is 22.8. The van der Waals surface area contributed by atoms with Crippen molar-refractivity contribution in [3.8, 4) is 0 Å². The molecule has 0 aliphatic heterocycles. The van der Waals surface area contributed by atoms with E-state index in [-0.39, 0.29) is 25.2 Å². The van der Waals surface area contributed by atoms with Crippen LogP contribution in [0.1, 0.15) is 149 Å². The number of aliphatic hydroxyl groups is 1. The predicted molar refractivity (Wildman–Crippen MR) is 141 cm³/mol. The molecule has 0 aromatic rings. The highest BCUT2D eigenvalue weighted by molar-refractivity contribution is 5.69. The summed E-state index contributed by atoms with van der Waals surface area (Å²) < 4.78 is 10.2. The van der Waals surface area contributed by atoms with Crippen molar-refractivity contribution in [3.05, 3.63) is 0 Å². The molecule has 0 rings (SSSR count). The van der Waals surface area contributed by atoms with Crippen LogP contribution in [0.3, 0.4) is 0 Å². The third kappa shape index (κ3) is 25.5. The predicted octanol–water partition coefficient (Wildman–Crippen LogP) is 7.91. The smallest absolute Gasteiger partial charge is 0.305 e. The Morgan fingerprint density at radius 2 is 0.941 bits per heavy atom. The fraction of sp³-hybridized carbons (Fsp3) is 0.931. The minimum absolute atomic E-state index is 0.110. The van der Waals surface area contributed by atoms with Gasteiger partial charge in [0.2, 0.25) is 0 Å². The summed E-state index contributed by atoms with van der Waals surface area (Å²) in [5, 5.41) is 9.87. The highest BCUT2D eigenvalue weighted by atomic mass is 16.6. The standard InChI is InChI=1S/C29H56O5/c1-4-5-6-7-12-16-19-22-28(31)33-24-27(30)25-34-29(32)23-20-17-14-11-9-8-10-13-15-18-21-26(2)3/h26-27,30H,4-25H2,1-3H3/t27-/m0/s1. The summed E-state index contributed by atoms with van der Waals surface area (Å²) in [6.07, 6.45) is 21.6. The van der Waals surface area contributed by atoms with Crippen LogP contribution in [-0.2, 0) is 19.1 Å². The van der Waals surface area contributed by atoms with Crippen molar-refractivity contribution in [3.63, 3.8) is 0 Å². The SMILES string of the molecule is CCCCCCCCCC(=O)OC[C@H](O)COC(=O)CCCCCCCCCCCCC(C)C. The van der Waals surface area contributed by atoms with E-state index in [9.17, 15) is 14.7 Å². The second kappa shape index (κ2) is 25.0. The number of esters is 2. The highest BCUT2D eigenvalue weighted by Gasteiger charge is 2.12. The van der Waals surface area contributed by atoms with E-state index in [1.54, 1.807) is 0 Å². The van der Waals surface area contributed by atoms with Crippen molar-refractivity contribution < 1.29 is 24.2 Å². The van der Waals surface area contributed by atoms with Crippen LogP contribution in [0.2, 0.25) is 0 Å². The Morgan fingerprint density at radius 3 is 1.32 bits per heavy atom. The molecular weight excluding hydrogens is 428 g/mol. The zero-order valence-corrected chi connectivity index (χ0v) is 22.8. The van der Waals surface area contributed by atoms with E-state index in [2.05, 4.69) is 20.8 Å². The van der Waals surface area contributed by atoms with Gasteiger partial charge in [0, 0.05) is 12.8 Å². The van der Waals surface area contributed by atoms with E-state index < -0.39 is 6.10 Å². The molecule has 5 heteroatoms. The summed E-state index contributed by atoms with van der Waals surface area (Å²) in [6.45, 7) is 6.56. The molecule has 0 amide bonds. The highest BCUT2D eigenvalue weighted by Crippen LogP contribution is 2.14. The Labute approximate surface area is 210 Å². The van der Waals surface area contributed by atoms with Gasteiger partial charge in [0.1, 0.15) is 19.3 Å². The van der Waals surface area contributed by atoms with E-state index in [4.69, 9.17) is 9.47 Å². The Balaban J connectivity index is 3.42. The monoisotopic (exact) mass is 484 g/mol.